The smallest absolute Gasteiger partial charge is 0.136 e. The predicted molar refractivity (Wildman–Crippen MR) is 65.1 cm³/mol. The molecule has 0 bridgehead atoms. The zero-order valence-electron chi connectivity index (χ0n) is 11.0. The number of carbonyl (C=O) groups is 2. The molecule has 2 heteroatoms. The predicted octanol–water partition coefficient (Wildman–Crippen LogP) is 3.24. The summed E-state index contributed by atoms with van der Waals surface area (Å²) in [6, 6.07) is 0. The molecule has 0 N–H and O–H groups in total. The zero-order valence-corrected chi connectivity index (χ0v) is 11.0. The highest BCUT2D eigenvalue weighted by Gasteiger charge is 2.41. The van der Waals surface area contributed by atoms with E-state index in [2.05, 4.69) is 20.8 Å². The summed E-state index contributed by atoms with van der Waals surface area (Å²) in [7, 11) is 0. The Kier molecular flexibility index (Phi) is 4.69. The van der Waals surface area contributed by atoms with Gasteiger partial charge in [0.05, 0.1) is 0 Å². The molecule has 0 saturated heterocycles. The zero-order chi connectivity index (χ0) is 12.3. The third-order valence-corrected chi connectivity index (χ3v) is 4.06. The van der Waals surface area contributed by atoms with E-state index >= 15 is 0 Å². The molecule has 0 heterocycles. The van der Waals surface area contributed by atoms with Gasteiger partial charge in [0.1, 0.15) is 11.6 Å². The van der Waals surface area contributed by atoms with E-state index in [0.29, 0.717) is 24.4 Å². The van der Waals surface area contributed by atoms with Crippen molar-refractivity contribution in [3.63, 3.8) is 0 Å². The molecule has 4 atom stereocenters. The summed E-state index contributed by atoms with van der Waals surface area (Å²) in [5.41, 5.74) is 0. The summed E-state index contributed by atoms with van der Waals surface area (Å²) in [4.78, 5) is 23.9. The molecule has 1 saturated carbocycles. The minimum atomic E-state index is 0.113. The van der Waals surface area contributed by atoms with Crippen LogP contribution in [-0.4, -0.2) is 11.6 Å². The summed E-state index contributed by atoms with van der Waals surface area (Å²) >= 11 is 0. The second-order valence-corrected chi connectivity index (χ2v) is 5.26. The molecule has 1 aliphatic carbocycles. The quantitative estimate of drug-likeness (QED) is 0.734. The van der Waals surface area contributed by atoms with Crippen LogP contribution in [0.3, 0.4) is 0 Å². The van der Waals surface area contributed by atoms with Crippen LogP contribution in [0.25, 0.3) is 0 Å². The van der Waals surface area contributed by atoms with Crippen LogP contribution >= 0.6 is 0 Å². The Morgan fingerprint density at radius 2 is 1.94 bits per heavy atom. The molecule has 0 aliphatic heterocycles. The van der Waals surface area contributed by atoms with Crippen LogP contribution in [0, 0.1) is 23.7 Å². The standard InChI is InChI=1S/C14H24O2/c1-5-7-12(15)14-9(3)8-13(16)11(6-2)10(14)4/h9-11,14H,5-8H2,1-4H3. The summed E-state index contributed by atoms with van der Waals surface area (Å²) in [5.74, 6) is 1.44. The molecule has 2 nitrogen and oxygen atoms in total. The maximum Gasteiger partial charge on any atom is 0.136 e. The van der Waals surface area contributed by atoms with Gasteiger partial charge in [0.2, 0.25) is 0 Å². The van der Waals surface area contributed by atoms with Gasteiger partial charge in [-0.25, -0.2) is 0 Å². The maximum atomic E-state index is 12.1. The van der Waals surface area contributed by atoms with Crippen LogP contribution in [0.5, 0.6) is 0 Å². The lowest BCUT2D eigenvalue weighted by atomic mass is 9.64. The van der Waals surface area contributed by atoms with Gasteiger partial charge in [-0.15, -0.1) is 0 Å². The average molecular weight is 224 g/mol. The summed E-state index contributed by atoms with van der Waals surface area (Å²) < 4.78 is 0. The first-order chi connectivity index (χ1) is 7.52. The largest absolute Gasteiger partial charge is 0.299 e. The van der Waals surface area contributed by atoms with Gasteiger partial charge in [0.15, 0.2) is 0 Å². The van der Waals surface area contributed by atoms with Crippen LogP contribution in [0.1, 0.15) is 53.4 Å². The summed E-state index contributed by atoms with van der Waals surface area (Å²) in [6.45, 7) is 8.23. The molecule has 0 amide bonds. The molecule has 1 rings (SSSR count). The van der Waals surface area contributed by atoms with Gasteiger partial charge in [0.25, 0.3) is 0 Å². The fraction of sp³-hybridized carbons (Fsp3) is 0.857. The first kappa shape index (κ1) is 13.4. The van der Waals surface area contributed by atoms with E-state index in [0.717, 1.165) is 12.8 Å². The topological polar surface area (TPSA) is 34.1 Å². The van der Waals surface area contributed by atoms with Crippen LogP contribution < -0.4 is 0 Å². The van der Waals surface area contributed by atoms with E-state index in [4.69, 9.17) is 0 Å². The van der Waals surface area contributed by atoms with Gasteiger partial charge in [-0.05, 0) is 24.7 Å². The number of rotatable bonds is 4. The summed E-state index contributed by atoms with van der Waals surface area (Å²) in [6.07, 6.45) is 3.06. The van der Waals surface area contributed by atoms with Crippen molar-refractivity contribution in [3.8, 4) is 0 Å². The highest BCUT2D eigenvalue weighted by molar-refractivity contribution is 5.88. The number of hydrogen-bond donors (Lipinski definition) is 0. The molecule has 92 valence electrons. The molecule has 0 radical (unpaired) electrons. The number of Topliss-reactive ketones (excluding diaryl/α,β-unsaturated/α-hetero) is 2. The van der Waals surface area contributed by atoms with Crippen LogP contribution in [0.15, 0.2) is 0 Å². The van der Waals surface area contributed by atoms with Gasteiger partial charge < -0.3 is 0 Å². The molecule has 16 heavy (non-hydrogen) atoms. The van der Waals surface area contributed by atoms with Crippen molar-refractivity contribution in [3.05, 3.63) is 0 Å². The first-order valence-electron chi connectivity index (χ1n) is 6.58. The van der Waals surface area contributed by atoms with E-state index in [1.54, 1.807) is 0 Å². The van der Waals surface area contributed by atoms with Crippen molar-refractivity contribution >= 4 is 11.6 Å². The average Bonchev–Trinajstić information content (AvgIpc) is 2.17. The Bertz CT molecular complexity index is 270. The Hall–Kier alpha value is -0.660. The molecule has 0 spiro atoms. The van der Waals surface area contributed by atoms with Gasteiger partial charge in [-0.2, -0.15) is 0 Å². The molecule has 0 aromatic carbocycles. The van der Waals surface area contributed by atoms with Crippen molar-refractivity contribution in [1.82, 2.24) is 0 Å². The van der Waals surface area contributed by atoms with Crippen molar-refractivity contribution in [1.29, 1.82) is 0 Å². The van der Waals surface area contributed by atoms with Gasteiger partial charge in [-0.3, -0.25) is 9.59 Å². The number of carbonyl (C=O) groups excluding carboxylic acids is 2. The Morgan fingerprint density at radius 3 is 2.44 bits per heavy atom. The molecule has 0 aromatic rings. The maximum absolute atomic E-state index is 12.1. The van der Waals surface area contributed by atoms with Gasteiger partial charge in [-0.1, -0.05) is 27.7 Å². The second kappa shape index (κ2) is 5.60. The molecule has 0 aromatic heterocycles. The van der Waals surface area contributed by atoms with E-state index in [-0.39, 0.29) is 23.7 Å². The van der Waals surface area contributed by atoms with E-state index in [9.17, 15) is 9.59 Å². The third kappa shape index (κ3) is 2.53. The van der Waals surface area contributed by atoms with Crippen LogP contribution in [-0.2, 0) is 9.59 Å². The highest BCUT2D eigenvalue weighted by Crippen LogP contribution is 2.39. The van der Waals surface area contributed by atoms with Crippen LogP contribution in [0.4, 0.5) is 0 Å². The van der Waals surface area contributed by atoms with Gasteiger partial charge in [0, 0.05) is 24.7 Å². The van der Waals surface area contributed by atoms with Crippen molar-refractivity contribution in [2.45, 2.75) is 53.4 Å². The van der Waals surface area contributed by atoms with Crippen molar-refractivity contribution in [2.75, 3.05) is 0 Å². The number of ketones is 2. The summed E-state index contributed by atoms with van der Waals surface area (Å²) in [5, 5.41) is 0. The Balaban J connectivity index is 2.82. The lowest BCUT2D eigenvalue weighted by molar-refractivity contribution is -0.137. The molecular weight excluding hydrogens is 200 g/mol. The molecular formula is C14H24O2. The molecule has 1 fully saturated rings. The monoisotopic (exact) mass is 224 g/mol. The highest BCUT2D eigenvalue weighted by atomic mass is 16.1. The molecule has 4 unspecified atom stereocenters. The fourth-order valence-corrected chi connectivity index (χ4v) is 3.28. The van der Waals surface area contributed by atoms with Gasteiger partial charge >= 0.3 is 0 Å². The van der Waals surface area contributed by atoms with E-state index in [1.165, 1.54) is 0 Å². The van der Waals surface area contributed by atoms with E-state index in [1.807, 2.05) is 6.92 Å². The van der Waals surface area contributed by atoms with Crippen molar-refractivity contribution in [2.24, 2.45) is 23.7 Å². The second-order valence-electron chi connectivity index (χ2n) is 5.26. The minimum absolute atomic E-state index is 0.113. The normalized spacial score (nSPS) is 35.1. The van der Waals surface area contributed by atoms with Crippen LogP contribution in [0.2, 0.25) is 0 Å². The lowest BCUT2D eigenvalue weighted by Gasteiger charge is -2.38. The minimum Gasteiger partial charge on any atom is -0.299 e. The number of hydrogen-bond acceptors (Lipinski definition) is 2. The van der Waals surface area contributed by atoms with Crippen molar-refractivity contribution < 1.29 is 9.59 Å². The third-order valence-electron chi connectivity index (χ3n) is 4.06. The lowest BCUT2D eigenvalue weighted by Crippen LogP contribution is -2.41. The first-order valence-corrected chi connectivity index (χ1v) is 6.58. The SMILES string of the molecule is CCCC(=O)C1C(C)CC(=O)C(CC)C1C. The Morgan fingerprint density at radius 1 is 1.31 bits per heavy atom. The van der Waals surface area contributed by atoms with E-state index < -0.39 is 0 Å². The molecule has 1 aliphatic rings. The fourth-order valence-electron chi connectivity index (χ4n) is 3.28. The Labute approximate surface area is 98.8 Å².